The van der Waals surface area contributed by atoms with Crippen LogP contribution in [0.3, 0.4) is 0 Å². The van der Waals surface area contributed by atoms with Crippen LogP contribution < -0.4 is 10.4 Å². The maximum Gasteiger partial charge on any atom is 0.509 e. The monoisotopic (exact) mass is 371 g/mol. The van der Waals surface area contributed by atoms with Crippen LogP contribution in [0.25, 0.3) is 0 Å². The Morgan fingerprint density at radius 3 is 2.19 bits per heavy atom. The number of aldehydes is 1. The minimum atomic E-state index is -5.21. The fourth-order valence-electron chi connectivity index (χ4n) is 2.94. The molecule has 9 heteroatoms. The standard InChI is InChI=1S/C17H23BF3N2O3/c1-12-14(18(19,20)21)9-13(11-24)10-15(12)22-5-7-23(8-6-22)16(25)26-17(2,3)4/h9-11H,5-8H2,1-4H3/q-1. The molecule has 0 aliphatic carbocycles. The highest BCUT2D eigenvalue weighted by molar-refractivity contribution is 6.74. The van der Waals surface area contributed by atoms with Crippen molar-refractivity contribution in [1.29, 1.82) is 0 Å². The van der Waals surface area contributed by atoms with Crippen LogP contribution in [-0.2, 0) is 4.74 Å². The number of hydrogen-bond donors (Lipinski definition) is 0. The molecule has 144 valence electrons. The second-order valence-corrected chi connectivity index (χ2v) is 7.40. The number of carbonyl (C=O) groups excluding carboxylic acids is 2. The lowest BCUT2D eigenvalue weighted by molar-refractivity contribution is 0.0240. The third kappa shape index (κ3) is 4.71. The molecule has 5 nitrogen and oxygen atoms in total. The Morgan fingerprint density at radius 2 is 1.73 bits per heavy atom. The van der Waals surface area contributed by atoms with Gasteiger partial charge in [0.2, 0.25) is 0 Å². The number of anilines is 1. The molecule has 2 rings (SSSR count). The molecule has 0 atom stereocenters. The predicted molar refractivity (Wildman–Crippen MR) is 95.3 cm³/mol. The molecule has 1 aromatic carbocycles. The lowest BCUT2D eigenvalue weighted by Crippen LogP contribution is -2.50. The summed E-state index contributed by atoms with van der Waals surface area (Å²) in [5.41, 5.74) is -0.873. The summed E-state index contributed by atoms with van der Waals surface area (Å²) in [6, 6.07) is 2.36. The van der Waals surface area contributed by atoms with E-state index in [1.54, 1.807) is 25.7 Å². The van der Waals surface area contributed by atoms with Crippen LogP contribution in [0.5, 0.6) is 0 Å². The highest BCUT2D eigenvalue weighted by Crippen LogP contribution is 2.25. The van der Waals surface area contributed by atoms with Crippen LogP contribution in [0.15, 0.2) is 12.1 Å². The molecular weight excluding hydrogens is 348 g/mol. The van der Waals surface area contributed by atoms with Gasteiger partial charge in [-0.25, -0.2) is 4.79 Å². The largest absolute Gasteiger partial charge is 0.509 e. The second-order valence-electron chi connectivity index (χ2n) is 7.40. The zero-order valence-corrected chi connectivity index (χ0v) is 15.4. The molecule has 0 bridgehead atoms. The highest BCUT2D eigenvalue weighted by Gasteiger charge is 2.31. The van der Waals surface area contributed by atoms with Crippen LogP contribution in [0.1, 0.15) is 36.7 Å². The second kappa shape index (κ2) is 7.21. The Labute approximate surface area is 151 Å². The lowest BCUT2D eigenvalue weighted by atomic mass is 9.75. The number of halogens is 3. The van der Waals surface area contributed by atoms with Crippen LogP contribution >= 0.6 is 0 Å². The van der Waals surface area contributed by atoms with E-state index >= 15 is 0 Å². The Balaban J connectivity index is 2.19. The van der Waals surface area contributed by atoms with Gasteiger partial charge in [0, 0.05) is 37.4 Å². The van der Waals surface area contributed by atoms with E-state index in [2.05, 4.69) is 0 Å². The van der Waals surface area contributed by atoms with Crippen molar-refractivity contribution in [2.75, 3.05) is 31.1 Å². The third-order valence-corrected chi connectivity index (χ3v) is 4.20. The van der Waals surface area contributed by atoms with Gasteiger partial charge in [0.15, 0.2) is 0 Å². The van der Waals surface area contributed by atoms with E-state index in [4.69, 9.17) is 4.74 Å². The summed E-state index contributed by atoms with van der Waals surface area (Å²) in [7, 11) is 0. The summed E-state index contributed by atoms with van der Waals surface area (Å²) in [5.74, 6) is 0. The maximum absolute atomic E-state index is 13.3. The molecule has 0 spiro atoms. The van der Waals surface area contributed by atoms with E-state index in [1.165, 1.54) is 17.9 Å². The molecule has 1 heterocycles. The fraction of sp³-hybridized carbons (Fsp3) is 0.529. The number of rotatable bonds is 3. The minimum absolute atomic E-state index is 0.00521. The summed E-state index contributed by atoms with van der Waals surface area (Å²) in [4.78, 5) is 26.5. The zero-order chi connectivity index (χ0) is 19.7. The van der Waals surface area contributed by atoms with Crippen LogP contribution in [-0.4, -0.2) is 56.0 Å². The first-order chi connectivity index (χ1) is 11.9. The Hall–Kier alpha value is -2.19. The zero-order valence-electron chi connectivity index (χ0n) is 15.4. The van der Waals surface area contributed by atoms with Gasteiger partial charge in [0.05, 0.1) is 0 Å². The molecule has 0 aromatic heterocycles. The van der Waals surface area contributed by atoms with Gasteiger partial charge in [-0.2, -0.15) is 0 Å². The summed E-state index contributed by atoms with van der Waals surface area (Å²) < 4.78 is 45.2. The number of benzene rings is 1. The van der Waals surface area contributed by atoms with Gasteiger partial charge >= 0.3 is 13.1 Å². The van der Waals surface area contributed by atoms with E-state index in [-0.39, 0.29) is 11.1 Å². The quantitative estimate of drug-likeness (QED) is 0.606. The van der Waals surface area contributed by atoms with Gasteiger partial charge in [-0.1, -0.05) is 11.6 Å². The molecule has 1 saturated heterocycles. The van der Waals surface area contributed by atoms with Gasteiger partial charge in [0.1, 0.15) is 11.9 Å². The van der Waals surface area contributed by atoms with Crippen molar-refractivity contribution in [3.63, 3.8) is 0 Å². The Morgan fingerprint density at radius 1 is 1.15 bits per heavy atom. The average molecular weight is 371 g/mol. The fourth-order valence-corrected chi connectivity index (χ4v) is 2.94. The van der Waals surface area contributed by atoms with Crippen molar-refractivity contribution >= 4 is 30.5 Å². The number of ether oxygens (including phenoxy) is 1. The molecule has 1 aliphatic rings. The predicted octanol–water partition coefficient (Wildman–Crippen LogP) is 2.92. The molecule has 1 fully saturated rings. The van der Waals surface area contributed by atoms with E-state index < -0.39 is 24.1 Å². The topological polar surface area (TPSA) is 49.9 Å². The van der Waals surface area contributed by atoms with Gasteiger partial charge in [-0.3, -0.25) is 4.79 Å². The van der Waals surface area contributed by atoms with Crippen molar-refractivity contribution in [2.24, 2.45) is 0 Å². The number of nitrogens with zero attached hydrogens (tertiary/aromatic N) is 2. The molecule has 0 N–H and O–H groups in total. The van der Waals surface area contributed by atoms with Gasteiger partial charge in [-0.05, 0) is 33.8 Å². The lowest BCUT2D eigenvalue weighted by Gasteiger charge is -2.38. The first-order valence-electron chi connectivity index (χ1n) is 8.45. The Bertz CT molecular complexity index is 694. The molecule has 0 radical (unpaired) electrons. The number of hydrogen-bond acceptors (Lipinski definition) is 4. The molecule has 0 unspecified atom stereocenters. The van der Waals surface area contributed by atoms with Gasteiger partial charge in [0.25, 0.3) is 0 Å². The molecule has 26 heavy (non-hydrogen) atoms. The first-order valence-corrected chi connectivity index (χ1v) is 8.45. The molecule has 1 aliphatic heterocycles. The summed E-state index contributed by atoms with van der Waals surface area (Å²) >= 11 is 0. The van der Waals surface area contributed by atoms with E-state index in [0.29, 0.717) is 38.2 Å². The van der Waals surface area contributed by atoms with Crippen LogP contribution in [0, 0.1) is 6.92 Å². The number of piperazine rings is 1. The molecular formula is C17H23BF3N2O3-. The molecule has 1 aromatic rings. The van der Waals surface area contributed by atoms with E-state index in [9.17, 15) is 22.5 Å². The smallest absolute Gasteiger partial charge is 0.445 e. The van der Waals surface area contributed by atoms with Crippen molar-refractivity contribution in [1.82, 2.24) is 4.90 Å². The highest BCUT2D eigenvalue weighted by atomic mass is 19.4. The average Bonchev–Trinajstić information content (AvgIpc) is 2.52. The third-order valence-electron chi connectivity index (χ3n) is 4.20. The van der Waals surface area contributed by atoms with Gasteiger partial charge < -0.3 is 27.5 Å². The minimum Gasteiger partial charge on any atom is -0.445 e. The van der Waals surface area contributed by atoms with Crippen LogP contribution in [0.4, 0.5) is 23.4 Å². The van der Waals surface area contributed by atoms with Crippen molar-refractivity contribution in [3.8, 4) is 0 Å². The summed E-state index contributed by atoms with van der Waals surface area (Å²) in [6.45, 7) is 2.93. The summed E-state index contributed by atoms with van der Waals surface area (Å²) in [6.07, 6.45) is -0.0135. The van der Waals surface area contributed by atoms with E-state index in [0.717, 1.165) is 6.07 Å². The SMILES string of the molecule is Cc1c(N2CCN(C(=O)OC(C)(C)C)CC2)cc(C=O)cc1[B-](F)(F)F. The van der Waals surface area contributed by atoms with Crippen molar-refractivity contribution in [2.45, 2.75) is 33.3 Å². The normalized spacial score (nSPS) is 15.8. The molecule has 0 saturated carbocycles. The van der Waals surface area contributed by atoms with E-state index in [1.807, 2.05) is 0 Å². The Kier molecular flexibility index (Phi) is 5.58. The van der Waals surface area contributed by atoms with Crippen molar-refractivity contribution < 1.29 is 27.3 Å². The molecule has 1 amide bonds. The first kappa shape index (κ1) is 20.1. The van der Waals surface area contributed by atoms with Crippen molar-refractivity contribution in [3.05, 3.63) is 23.3 Å². The number of amides is 1. The van der Waals surface area contributed by atoms with Crippen LogP contribution in [0.2, 0.25) is 0 Å². The summed E-state index contributed by atoms with van der Waals surface area (Å²) in [5, 5.41) is 0. The van der Waals surface area contributed by atoms with Gasteiger partial charge in [-0.15, -0.1) is 5.46 Å². The number of carbonyl (C=O) groups is 2. The maximum atomic E-state index is 13.3.